The smallest absolute Gasteiger partial charge is 0.379 e. The second-order valence-electron chi connectivity index (χ2n) is 5.00. The van der Waals surface area contributed by atoms with Crippen molar-refractivity contribution in [3.8, 4) is 5.75 Å². The van der Waals surface area contributed by atoms with Crippen LogP contribution in [0.25, 0.3) is 11.0 Å². The zero-order chi connectivity index (χ0) is 14.2. The normalized spacial score (nSPS) is 13.8. The lowest BCUT2D eigenvalue weighted by Crippen LogP contribution is -2.34. The monoisotopic (exact) mass is 279 g/mol. The van der Waals surface area contributed by atoms with Gasteiger partial charge in [-0.3, -0.25) is 0 Å². The molecule has 4 heteroatoms. The van der Waals surface area contributed by atoms with E-state index >= 15 is 0 Å². The van der Waals surface area contributed by atoms with Gasteiger partial charge in [0.15, 0.2) is 6.73 Å². The van der Waals surface area contributed by atoms with E-state index in [-0.39, 0.29) is 0 Å². The number of ether oxygens (including phenoxy) is 1. The van der Waals surface area contributed by atoms with Crippen LogP contribution in [0.1, 0.15) is 5.56 Å². The van der Waals surface area contributed by atoms with E-state index in [1.54, 1.807) is 6.07 Å². The van der Waals surface area contributed by atoms with Crippen LogP contribution in [0, 0.1) is 0 Å². The predicted octanol–water partition coefficient (Wildman–Crippen LogP) is 3.15. The minimum absolute atomic E-state index is 0.334. The number of fused-ring (bicyclic) bond motifs is 3. The summed E-state index contributed by atoms with van der Waals surface area (Å²) in [6.45, 7) is 0.978. The van der Waals surface area contributed by atoms with Gasteiger partial charge >= 0.3 is 5.63 Å². The molecule has 4 nitrogen and oxygen atoms in total. The molecule has 0 saturated carbocycles. The molecule has 2 aromatic carbocycles. The van der Waals surface area contributed by atoms with E-state index in [9.17, 15) is 4.79 Å². The molecule has 104 valence electrons. The van der Waals surface area contributed by atoms with Crippen LogP contribution in [-0.2, 0) is 6.54 Å². The standard InChI is InChI=1S/C17H13NO3/c19-17-16-14(13-8-4-5-9-15(13)21-17)10-18(11-20-16)12-6-2-1-3-7-12/h1-9H,10-11H2. The molecule has 0 atom stereocenters. The number of anilines is 1. The van der Waals surface area contributed by atoms with Gasteiger partial charge in [-0.05, 0) is 18.2 Å². The predicted molar refractivity (Wildman–Crippen MR) is 80.6 cm³/mol. The summed E-state index contributed by atoms with van der Waals surface area (Å²) < 4.78 is 11.0. The Morgan fingerprint density at radius 2 is 1.71 bits per heavy atom. The second kappa shape index (κ2) is 4.66. The zero-order valence-electron chi connectivity index (χ0n) is 11.3. The summed E-state index contributed by atoms with van der Waals surface area (Å²) in [7, 11) is 0. The fraction of sp³-hybridized carbons (Fsp3) is 0.118. The van der Waals surface area contributed by atoms with Crippen LogP contribution in [0.15, 0.2) is 63.8 Å². The van der Waals surface area contributed by atoms with Gasteiger partial charge in [-0.1, -0.05) is 36.4 Å². The molecule has 0 radical (unpaired) electrons. The van der Waals surface area contributed by atoms with Gasteiger partial charge in [0.2, 0.25) is 5.75 Å². The Balaban J connectivity index is 1.86. The van der Waals surface area contributed by atoms with Gasteiger partial charge in [0.05, 0.1) is 6.54 Å². The van der Waals surface area contributed by atoms with Gasteiger partial charge in [0.1, 0.15) is 5.58 Å². The lowest BCUT2D eigenvalue weighted by Gasteiger charge is -2.30. The quantitative estimate of drug-likeness (QED) is 0.642. The van der Waals surface area contributed by atoms with Gasteiger partial charge in [0, 0.05) is 16.6 Å². The Hall–Kier alpha value is -2.75. The van der Waals surface area contributed by atoms with Crippen LogP contribution in [0.5, 0.6) is 5.75 Å². The van der Waals surface area contributed by atoms with Crippen LogP contribution in [0.3, 0.4) is 0 Å². The zero-order valence-corrected chi connectivity index (χ0v) is 11.3. The summed E-state index contributed by atoms with van der Waals surface area (Å²) >= 11 is 0. The molecular weight excluding hydrogens is 266 g/mol. The SMILES string of the molecule is O=c1oc2ccccc2c2c1OCN(c1ccccc1)C2. The Morgan fingerprint density at radius 3 is 2.57 bits per heavy atom. The van der Waals surface area contributed by atoms with Crippen molar-refractivity contribution in [1.29, 1.82) is 0 Å². The minimum Gasteiger partial charge on any atom is -0.465 e. The van der Waals surface area contributed by atoms with E-state index in [0.717, 1.165) is 16.6 Å². The molecule has 0 unspecified atom stereocenters. The average molecular weight is 279 g/mol. The maximum Gasteiger partial charge on any atom is 0.379 e. The lowest BCUT2D eigenvalue weighted by atomic mass is 10.1. The highest BCUT2D eigenvalue weighted by Crippen LogP contribution is 2.31. The molecule has 1 aliphatic rings. The van der Waals surface area contributed by atoms with E-state index in [1.807, 2.05) is 48.5 Å². The van der Waals surface area contributed by atoms with Crippen molar-refractivity contribution in [2.45, 2.75) is 6.54 Å². The fourth-order valence-electron chi connectivity index (χ4n) is 2.68. The molecule has 3 aromatic rings. The lowest BCUT2D eigenvalue weighted by molar-refractivity contribution is 0.275. The Bertz CT molecular complexity index is 855. The average Bonchev–Trinajstić information content (AvgIpc) is 2.55. The van der Waals surface area contributed by atoms with Crippen LogP contribution >= 0.6 is 0 Å². The summed E-state index contributed by atoms with van der Waals surface area (Å²) in [6, 6.07) is 17.6. The Kier molecular flexibility index (Phi) is 2.67. The van der Waals surface area contributed by atoms with Crippen LogP contribution < -0.4 is 15.3 Å². The highest BCUT2D eigenvalue weighted by atomic mass is 16.5. The number of rotatable bonds is 1. The van der Waals surface area contributed by atoms with E-state index < -0.39 is 5.63 Å². The largest absolute Gasteiger partial charge is 0.465 e. The highest BCUT2D eigenvalue weighted by molar-refractivity contribution is 5.82. The molecule has 0 fully saturated rings. The first-order chi connectivity index (χ1) is 10.3. The topological polar surface area (TPSA) is 42.7 Å². The molecule has 0 aliphatic carbocycles. The maximum absolute atomic E-state index is 12.0. The molecule has 4 rings (SSSR count). The van der Waals surface area contributed by atoms with Crippen molar-refractivity contribution in [2.75, 3.05) is 11.6 Å². The first kappa shape index (κ1) is 12.0. The third-order valence-electron chi connectivity index (χ3n) is 3.71. The van der Waals surface area contributed by atoms with Crippen molar-refractivity contribution in [1.82, 2.24) is 0 Å². The molecule has 0 bridgehead atoms. The van der Waals surface area contributed by atoms with Gasteiger partial charge in [0.25, 0.3) is 0 Å². The number of hydrogen-bond acceptors (Lipinski definition) is 4. The van der Waals surface area contributed by atoms with Crippen LogP contribution in [-0.4, -0.2) is 6.73 Å². The van der Waals surface area contributed by atoms with Gasteiger partial charge in [-0.15, -0.1) is 0 Å². The molecule has 2 heterocycles. The number of benzene rings is 2. The van der Waals surface area contributed by atoms with Crippen molar-refractivity contribution in [3.63, 3.8) is 0 Å². The minimum atomic E-state index is -0.406. The van der Waals surface area contributed by atoms with Crippen molar-refractivity contribution in [2.24, 2.45) is 0 Å². The highest BCUT2D eigenvalue weighted by Gasteiger charge is 2.23. The van der Waals surface area contributed by atoms with E-state index in [2.05, 4.69) is 4.90 Å². The molecule has 21 heavy (non-hydrogen) atoms. The summed E-state index contributed by atoms with van der Waals surface area (Å²) in [6.07, 6.45) is 0. The molecule has 1 aliphatic heterocycles. The number of para-hydroxylation sites is 2. The van der Waals surface area contributed by atoms with Crippen LogP contribution in [0.2, 0.25) is 0 Å². The molecule has 0 spiro atoms. The second-order valence-corrected chi connectivity index (χ2v) is 5.00. The maximum atomic E-state index is 12.0. The Labute approximate surface area is 121 Å². The summed E-state index contributed by atoms with van der Waals surface area (Å²) in [5, 5.41) is 0.924. The van der Waals surface area contributed by atoms with Crippen LogP contribution in [0.4, 0.5) is 5.69 Å². The molecular formula is C17H13NO3. The third kappa shape index (κ3) is 1.96. The number of hydrogen-bond donors (Lipinski definition) is 0. The first-order valence-electron chi connectivity index (χ1n) is 6.80. The Morgan fingerprint density at radius 1 is 0.952 bits per heavy atom. The molecule has 0 N–H and O–H groups in total. The third-order valence-corrected chi connectivity index (χ3v) is 3.71. The van der Waals surface area contributed by atoms with Gasteiger partial charge < -0.3 is 14.1 Å². The summed E-state index contributed by atoms with van der Waals surface area (Å²) in [5.41, 5.74) is 2.15. The number of nitrogens with zero attached hydrogens (tertiary/aromatic N) is 1. The van der Waals surface area contributed by atoms with Crippen molar-refractivity contribution in [3.05, 3.63) is 70.6 Å². The van der Waals surface area contributed by atoms with E-state index in [1.165, 1.54) is 0 Å². The van der Waals surface area contributed by atoms with Crippen molar-refractivity contribution >= 4 is 16.7 Å². The molecule has 0 amide bonds. The van der Waals surface area contributed by atoms with Crippen molar-refractivity contribution < 1.29 is 9.15 Å². The van der Waals surface area contributed by atoms with E-state index in [0.29, 0.717) is 24.6 Å². The summed E-state index contributed by atoms with van der Waals surface area (Å²) in [4.78, 5) is 14.1. The van der Waals surface area contributed by atoms with E-state index in [4.69, 9.17) is 9.15 Å². The molecule has 0 saturated heterocycles. The summed E-state index contributed by atoms with van der Waals surface area (Å²) in [5.74, 6) is 0.334. The fourth-order valence-corrected chi connectivity index (χ4v) is 2.68. The first-order valence-corrected chi connectivity index (χ1v) is 6.80. The molecule has 1 aromatic heterocycles. The van der Waals surface area contributed by atoms with Gasteiger partial charge in [-0.2, -0.15) is 0 Å². The van der Waals surface area contributed by atoms with Gasteiger partial charge in [-0.25, -0.2) is 4.79 Å².